The minimum Gasteiger partial charge on any atom is -1.00 e. The van der Waals surface area contributed by atoms with Crippen LogP contribution in [0.15, 0.2) is 106 Å². The summed E-state index contributed by atoms with van der Waals surface area (Å²) in [5.74, 6) is 0. The van der Waals surface area contributed by atoms with E-state index in [-0.39, 0.29) is 38.3 Å². The van der Waals surface area contributed by atoms with Gasteiger partial charge in [-0.2, -0.15) is 0 Å². The Morgan fingerprint density at radius 3 is 1.14 bits per heavy atom. The predicted molar refractivity (Wildman–Crippen MR) is 153 cm³/mol. The molecule has 35 heavy (non-hydrogen) atoms. The summed E-state index contributed by atoms with van der Waals surface area (Å²) in [7, 11) is 4.54. The molecule has 192 valence electrons. The first-order chi connectivity index (χ1) is 16.8. The van der Waals surface area contributed by atoms with Crippen LogP contribution in [0.3, 0.4) is 0 Å². The van der Waals surface area contributed by atoms with Gasteiger partial charge in [0, 0.05) is 21.8 Å². The van der Waals surface area contributed by atoms with Crippen LogP contribution in [0.25, 0.3) is 0 Å². The van der Waals surface area contributed by atoms with Gasteiger partial charge >= 0.3 is 56.7 Å². The summed E-state index contributed by atoms with van der Waals surface area (Å²) >= 11 is 4.08. The number of thiol groups is 1. The first-order valence-electron chi connectivity index (χ1n) is 10.8. The van der Waals surface area contributed by atoms with Gasteiger partial charge in [-0.1, -0.05) is 118 Å². The molecule has 3 aromatic carbocycles. The topological polar surface area (TPSA) is 76.0 Å². The molecule has 0 aliphatic carbocycles. The van der Waals surface area contributed by atoms with Gasteiger partial charge in [0.15, 0.2) is 0 Å². The second kappa shape index (κ2) is 43.3. The Morgan fingerprint density at radius 1 is 0.686 bits per heavy atom. The molecule has 0 saturated carbocycles. The molecule has 0 amide bonds. The van der Waals surface area contributed by atoms with Gasteiger partial charge < -0.3 is 6.53 Å². The van der Waals surface area contributed by atoms with E-state index in [1.54, 1.807) is 21.6 Å². The molecule has 0 spiro atoms. The van der Waals surface area contributed by atoms with Gasteiger partial charge in [0.2, 0.25) is 0 Å². The van der Waals surface area contributed by atoms with Gasteiger partial charge in [-0.05, 0) is 36.4 Å². The summed E-state index contributed by atoms with van der Waals surface area (Å²) in [5, 5.41) is 16.9. The normalized spacial score (nSPS) is 7.26. The summed E-state index contributed by atoms with van der Waals surface area (Å²) in [4.78, 5) is 6.81. The molecule has 2 N–H and O–H groups in total. The zero-order valence-corrected chi connectivity index (χ0v) is 26.6. The van der Waals surface area contributed by atoms with E-state index in [4.69, 9.17) is 15.1 Å². The molecule has 0 aromatic heterocycles. The molecule has 0 heterocycles. The molecule has 5 nitrogen and oxygen atoms in total. The molecule has 0 aliphatic rings. The van der Waals surface area contributed by atoms with Crippen molar-refractivity contribution in [3.8, 4) is 0 Å². The van der Waals surface area contributed by atoms with Crippen molar-refractivity contribution >= 4 is 41.6 Å². The van der Waals surface area contributed by atoms with Crippen molar-refractivity contribution in [2.75, 3.05) is 7.11 Å². The monoisotopic (exact) mass is 550 g/mol. The van der Waals surface area contributed by atoms with Gasteiger partial charge in [-0.3, -0.25) is 0 Å². The number of benzene rings is 3. The van der Waals surface area contributed by atoms with Crippen LogP contribution in [0.5, 0.6) is 0 Å². The minimum atomic E-state index is -0.0417. The summed E-state index contributed by atoms with van der Waals surface area (Å²) in [6.45, 7) is 12.0. The maximum Gasteiger partial charge on any atom is 1.00 e. The fourth-order valence-electron chi connectivity index (χ4n) is 1.49. The molecule has 0 unspecified atom stereocenters. The summed E-state index contributed by atoms with van der Waals surface area (Å²) < 4.78 is 8.90. The predicted octanol–water partition coefficient (Wildman–Crippen LogP) is 5.64. The third kappa shape index (κ3) is 35.5. The smallest absolute Gasteiger partial charge is 1.00 e. The molecule has 3 rings (SSSR count). The third-order valence-electron chi connectivity index (χ3n) is 2.56. The Labute approximate surface area is 250 Å². The molecule has 0 atom stereocenters. The zero-order valence-electron chi connectivity index (χ0n) is 23.1. The number of rotatable bonds is 5. The van der Waals surface area contributed by atoms with Gasteiger partial charge in [-0.15, -0.1) is 12.6 Å². The Kier molecular flexibility index (Phi) is 54.8. The van der Waals surface area contributed by atoms with Crippen LogP contribution < -0.4 is 29.6 Å². The Balaban J connectivity index is -0.0000000877. The van der Waals surface area contributed by atoms with Crippen molar-refractivity contribution in [2.24, 2.45) is 0 Å². The molecular formula is C25H40BNaO5S3. The van der Waals surface area contributed by atoms with E-state index in [0.29, 0.717) is 0 Å². The molecule has 0 fully saturated rings. The van der Waals surface area contributed by atoms with E-state index < -0.39 is 0 Å². The molecular weight excluding hydrogens is 510 g/mol. The summed E-state index contributed by atoms with van der Waals surface area (Å²) in [5.41, 5.74) is 0. The van der Waals surface area contributed by atoms with E-state index in [0.717, 1.165) is 12.0 Å². The van der Waals surface area contributed by atoms with Crippen LogP contribution in [0.4, 0.5) is 0 Å². The Hall–Kier alpha value is -0.745. The van der Waals surface area contributed by atoms with Crippen molar-refractivity contribution in [3.05, 3.63) is 91.0 Å². The summed E-state index contributed by atoms with van der Waals surface area (Å²) in [6.07, 6.45) is 0. The van der Waals surface area contributed by atoms with Crippen LogP contribution in [0, 0.1) is 0 Å². The van der Waals surface area contributed by atoms with Gasteiger partial charge in [-0.25, -0.2) is 0 Å². The van der Waals surface area contributed by atoms with Gasteiger partial charge in [0.1, 0.15) is 0 Å². The molecule has 0 bridgehead atoms. The van der Waals surface area contributed by atoms with Crippen molar-refractivity contribution in [1.29, 1.82) is 0 Å². The van der Waals surface area contributed by atoms with Gasteiger partial charge in [0.05, 0.1) is 0 Å². The quantitative estimate of drug-likeness (QED) is 0.125. The maximum absolute atomic E-state index is 8.90. The number of hydrogen-bond acceptors (Lipinski definition) is 8. The van der Waals surface area contributed by atoms with E-state index >= 15 is 0 Å². The largest absolute Gasteiger partial charge is 1.00 e. The van der Waals surface area contributed by atoms with E-state index in [1.165, 1.54) is 9.79 Å². The van der Waals surface area contributed by atoms with Gasteiger partial charge in [0.25, 0.3) is 0 Å². The van der Waals surface area contributed by atoms with Crippen LogP contribution in [0.2, 0.25) is 0 Å². The first kappa shape index (κ1) is 44.3. The van der Waals surface area contributed by atoms with E-state index in [9.17, 15) is 0 Å². The Morgan fingerprint density at radius 2 is 0.971 bits per heavy atom. The fraction of sp³-hybridized carbons (Fsp3) is 0.280. The van der Waals surface area contributed by atoms with Crippen LogP contribution in [0.1, 0.15) is 43.0 Å². The third-order valence-corrected chi connectivity index (χ3v) is 5.27. The standard InChI is InChI=1S/C12H10S2.C6H6S.3C2H6.CH4O.BHO4.Na.H/c1-3-7-11(8-4-1)13-14-12-9-5-2-6-10-12;7-6-4-2-1-3-5-6;4*1-2;2-1-4-5-3;;/h1-10H;1-5,7H;3*1-2H3;2H,1H3;3H;;/q;;;;;;;+1;-1. The van der Waals surface area contributed by atoms with Crippen LogP contribution >= 0.6 is 34.2 Å². The van der Waals surface area contributed by atoms with E-state index in [2.05, 4.69) is 71.0 Å². The molecule has 0 aliphatic heterocycles. The minimum absolute atomic E-state index is 0. The first-order valence-corrected chi connectivity index (χ1v) is 13.4. The number of aliphatic hydroxyl groups is 1. The number of aliphatic hydroxyl groups excluding tert-OH is 1. The SMILES string of the molecule is CC.CC.CC.CO.O=BOOO.Sc1ccccc1.[H-].[Na+].c1ccc(SSc2ccccc2)cc1. The molecule has 0 saturated heterocycles. The van der Waals surface area contributed by atoms with Crippen molar-refractivity contribution in [2.45, 2.75) is 56.2 Å². The summed E-state index contributed by atoms with van der Waals surface area (Å²) in [6, 6.07) is 30.6. The fourth-order valence-corrected chi connectivity index (χ4v) is 3.64. The number of hydrogen-bond donors (Lipinski definition) is 3. The second-order valence-electron chi connectivity index (χ2n) is 4.40. The van der Waals surface area contributed by atoms with Crippen LogP contribution in [-0.4, -0.2) is 24.8 Å². The second-order valence-corrected chi connectivity index (χ2v) is 7.19. The van der Waals surface area contributed by atoms with Crippen LogP contribution in [-0.2, 0) is 14.5 Å². The molecule has 10 heteroatoms. The van der Waals surface area contributed by atoms with E-state index in [1.807, 2.05) is 84.0 Å². The zero-order chi connectivity index (χ0) is 26.9. The average molecular weight is 551 g/mol. The average Bonchev–Trinajstić information content (AvgIpc) is 2.95. The Bertz CT molecular complexity index is 683. The van der Waals surface area contributed by atoms with Crippen molar-refractivity contribution < 1.29 is 55.9 Å². The van der Waals surface area contributed by atoms with Crippen molar-refractivity contribution in [1.82, 2.24) is 0 Å². The molecule has 0 radical (unpaired) electrons. The molecule has 3 aromatic rings. The maximum atomic E-state index is 8.90. The van der Waals surface area contributed by atoms with Crippen molar-refractivity contribution in [3.63, 3.8) is 0 Å².